The van der Waals surface area contributed by atoms with E-state index in [2.05, 4.69) is 109 Å². The van der Waals surface area contributed by atoms with Crippen molar-refractivity contribution in [1.82, 2.24) is 19.7 Å². The van der Waals surface area contributed by atoms with Crippen LogP contribution in [0, 0.1) is 0 Å². The fourth-order valence-corrected chi connectivity index (χ4v) is 5.47. The summed E-state index contributed by atoms with van der Waals surface area (Å²) in [5.74, 6) is 0.331. The van der Waals surface area contributed by atoms with Gasteiger partial charge in [0.1, 0.15) is 0 Å². The van der Waals surface area contributed by atoms with Crippen LogP contribution >= 0.6 is 0 Å². The molecule has 0 radical (unpaired) electrons. The van der Waals surface area contributed by atoms with Crippen LogP contribution in [0.2, 0.25) is 0 Å². The quantitative estimate of drug-likeness (QED) is 0.560. The lowest BCUT2D eigenvalue weighted by atomic mass is 9.80. The SMILES string of the molecule is CC(CC(=O)NCCN1CCC(c2ccccc2)(N(C)C)CC1)c1cn(C)c2ccccc12. The first-order valence-corrected chi connectivity index (χ1v) is 12.2. The summed E-state index contributed by atoms with van der Waals surface area (Å²) in [5, 5.41) is 4.41. The predicted molar refractivity (Wildman–Crippen MR) is 136 cm³/mol. The van der Waals surface area contributed by atoms with E-state index in [0.29, 0.717) is 13.0 Å². The number of hydrogen-bond acceptors (Lipinski definition) is 3. The van der Waals surface area contributed by atoms with Crippen LogP contribution in [0.15, 0.2) is 60.8 Å². The number of rotatable bonds is 8. The Balaban J connectivity index is 1.26. The van der Waals surface area contributed by atoms with Gasteiger partial charge < -0.3 is 14.8 Å². The fraction of sp³-hybridized carbons (Fsp3) is 0.464. The Bertz CT molecular complexity index is 1060. The first kappa shape index (κ1) is 23.5. The second-order valence-corrected chi connectivity index (χ2v) is 9.80. The van der Waals surface area contributed by atoms with Crippen LogP contribution in [-0.4, -0.2) is 60.5 Å². The Kier molecular flexibility index (Phi) is 7.20. The van der Waals surface area contributed by atoms with Crippen LogP contribution in [0.5, 0.6) is 0 Å². The van der Waals surface area contributed by atoms with Gasteiger partial charge in [-0.25, -0.2) is 0 Å². The Hall–Kier alpha value is -2.63. The zero-order valence-electron chi connectivity index (χ0n) is 20.6. The van der Waals surface area contributed by atoms with Crippen molar-refractivity contribution in [3.05, 3.63) is 71.9 Å². The van der Waals surface area contributed by atoms with Gasteiger partial charge in [0.05, 0.1) is 0 Å². The number of para-hydroxylation sites is 1. The van der Waals surface area contributed by atoms with E-state index < -0.39 is 0 Å². The predicted octanol–water partition coefficient (Wildman–Crippen LogP) is 4.34. The molecular formula is C28H38N4O. The van der Waals surface area contributed by atoms with E-state index in [1.165, 1.54) is 22.0 Å². The molecule has 1 aliphatic heterocycles. The van der Waals surface area contributed by atoms with E-state index in [1.807, 2.05) is 0 Å². The highest BCUT2D eigenvalue weighted by Gasteiger charge is 2.37. The summed E-state index contributed by atoms with van der Waals surface area (Å²) in [5.41, 5.74) is 3.98. The van der Waals surface area contributed by atoms with Gasteiger partial charge in [0, 0.05) is 62.3 Å². The lowest BCUT2D eigenvalue weighted by Crippen LogP contribution is -2.51. The molecule has 0 spiro atoms. The molecule has 0 saturated carbocycles. The summed E-state index contributed by atoms with van der Waals surface area (Å²) in [4.78, 5) is 17.5. The summed E-state index contributed by atoms with van der Waals surface area (Å²) >= 11 is 0. The minimum Gasteiger partial charge on any atom is -0.355 e. The molecule has 1 amide bonds. The second kappa shape index (κ2) is 10.1. The third-order valence-electron chi connectivity index (χ3n) is 7.55. The van der Waals surface area contributed by atoms with Crippen LogP contribution in [0.4, 0.5) is 0 Å². The van der Waals surface area contributed by atoms with E-state index in [1.54, 1.807) is 0 Å². The van der Waals surface area contributed by atoms with E-state index in [0.717, 1.165) is 32.5 Å². The Morgan fingerprint density at radius 2 is 1.73 bits per heavy atom. The number of aryl methyl sites for hydroxylation is 1. The average Bonchev–Trinajstić information content (AvgIpc) is 3.17. The van der Waals surface area contributed by atoms with Crippen molar-refractivity contribution in [2.45, 2.75) is 37.6 Å². The number of likely N-dealkylation sites (tertiary alicyclic amines) is 1. The molecule has 1 saturated heterocycles. The highest BCUT2D eigenvalue weighted by molar-refractivity contribution is 5.85. The van der Waals surface area contributed by atoms with E-state index >= 15 is 0 Å². The Labute approximate surface area is 198 Å². The van der Waals surface area contributed by atoms with Crippen molar-refractivity contribution < 1.29 is 4.79 Å². The molecule has 2 aromatic carbocycles. The normalized spacial score (nSPS) is 17.4. The molecule has 2 heterocycles. The van der Waals surface area contributed by atoms with Gasteiger partial charge in [0.2, 0.25) is 5.91 Å². The van der Waals surface area contributed by atoms with Crippen LogP contribution in [0.1, 0.15) is 43.2 Å². The summed E-state index contributed by atoms with van der Waals surface area (Å²) in [6, 6.07) is 19.3. The maximum Gasteiger partial charge on any atom is 0.220 e. The van der Waals surface area contributed by atoms with Crippen molar-refractivity contribution in [1.29, 1.82) is 0 Å². The molecule has 176 valence electrons. The van der Waals surface area contributed by atoms with Gasteiger partial charge >= 0.3 is 0 Å². The lowest BCUT2D eigenvalue weighted by molar-refractivity contribution is -0.121. The molecule has 0 aliphatic carbocycles. The van der Waals surface area contributed by atoms with Crippen LogP contribution < -0.4 is 5.32 Å². The molecule has 4 rings (SSSR count). The third kappa shape index (κ3) is 4.99. The molecule has 5 heteroatoms. The standard InChI is InChI=1S/C28H38N4O/c1-22(25-21-31(4)26-13-9-8-12-24(25)26)20-27(33)29-16-19-32-17-14-28(15-18-32,30(2)3)23-10-6-5-7-11-23/h5-13,21-22H,14-20H2,1-4H3,(H,29,33). The number of aromatic nitrogens is 1. The minimum absolute atomic E-state index is 0.106. The van der Waals surface area contributed by atoms with E-state index in [-0.39, 0.29) is 17.4 Å². The highest BCUT2D eigenvalue weighted by Crippen LogP contribution is 2.37. The monoisotopic (exact) mass is 446 g/mol. The molecule has 5 nitrogen and oxygen atoms in total. The summed E-state index contributed by atoms with van der Waals surface area (Å²) in [7, 11) is 6.46. The number of piperidine rings is 1. The molecule has 1 N–H and O–H groups in total. The average molecular weight is 447 g/mol. The molecule has 1 aromatic heterocycles. The second-order valence-electron chi connectivity index (χ2n) is 9.80. The number of carbonyl (C=O) groups is 1. The lowest BCUT2D eigenvalue weighted by Gasteiger charge is -2.46. The molecule has 1 unspecified atom stereocenters. The topological polar surface area (TPSA) is 40.5 Å². The van der Waals surface area contributed by atoms with E-state index in [9.17, 15) is 4.79 Å². The van der Waals surface area contributed by atoms with Gasteiger partial charge in [0.25, 0.3) is 0 Å². The highest BCUT2D eigenvalue weighted by atomic mass is 16.1. The number of carbonyl (C=O) groups excluding carboxylic acids is 1. The molecule has 0 bridgehead atoms. The van der Waals surface area contributed by atoms with Crippen molar-refractivity contribution >= 4 is 16.8 Å². The molecule has 3 aromatic rings. The number of hydrogen-bond donors (Lipinski definition) is 1. The van der Waals surface area contributed by atoms with Crippen molar-refractivity contribution in [3.8, 4) is 0 Å². The zero-order valence-corrected chi connectivity index (χ0v) is 20.6. The molecular weight excluding hydrogens is 408 g/mol. The van der Waals surface area contributed by atoms with Gasteiger partial charge in [0.15, 0.2) is 0 Å². The maximum absolute atomic E-state index is 12.6. The summed E-state index contributed by atoms with van der Waals surface area (Å²) < 4.78 is 2.15. The number of nitrogens with zero attached hydrogens (tertiary/aromatic N) is 3. The summed E-state index contributed by atoms with van der Waals surface area (Å²) in [6.07, 6.45) is 4.90. The fourth-order valence-electron chi connectivity index (χ4n) is 5.47. The number of fused-ring (bicyclic) bond motifs is 1. The van der Waals surface area contributed by atoms with Crippen LogP contribution in [-0.2, 0) is 17.4 Å². The van der Waals surface area contributed by atoms with E-state index in [4.69, 9.17) is 0 Å². The largest absolute Gasteiger partial charge is 0.355 e. The third-order valence-corrected chi connectivity index (χ3v) is 7.55. The van der Waals surface area contributed by atoms with Gasteiger partial charge in [-0.15, -0.1) is 0 Å². The molecule has 33 heavy (non-hydrogen) atoms. The van der Waals surface area contributed by atoms with Crippen molar-refractivity contribution in [2.24, 2.45) is 7.05 Å². The smallest absolute Gasteiger partial charge is 0.220 e. The first-order chi connectivity index (χ1) is 15.9. The first-order valence-electron chi connectivity index (χ1n) is 12.2. The minimum atomic E-state index is 0.106. The Morgan fingerprint density at radius 3 is 2.42 bits per heavy atom. The van der Waals surface area contributed by atoms with Gasteiger partial charge in [-0.1, -0.05) is 55.5 Å². The number of benzene rings is 2. The Morgan fingerprint density at radius 1 is 1.06 bits per heavy atom. The molecule has 1 atom stereocenters. The van der Waals surface area contributed by atoms with Crippen LogP contribution in [0.25, 0.3) is 10.9 Å². The van der Waals surface area contributed by atoms with Gasteiger partial charge in [-0.05, 0) is 50.0 Å². The summed E-state index contributed by atoms with van der Waals surface area (Å²) in [6.45, 7) is 5.87. The molecule has 1 aliphatic rings. The van der Waals surface area contributed by atoms with Crippen molar-refractivity contribution in [3.63, 3.8) is 0 Å². The maximum atomic E-state index is 12.6. The van der Waals surface area contributed by atoms with Crippen molar-refractivity contribution in [2.75, 3.05) is 40.3 Å². The van der Waals surface area contributed by atoms with Gasteiger partial charge in [-0.3, -0.25) is 9.69 Å². The molecule has 1 fully saturated rings. The zero-order chi connectivity index (χ0) is 23.4. The number of amides is 1. The van der Waals surface area contributed by atoms with Gasteiger partial charge in [-0.2, -0.15) is 0 Å². The number of nitrogens with one attached hydrogen (secondary N) is 1. The van der Waals surface area contributed by atoms with Crippen LogP contribution in [0.3, 0.4) is 0 Å².